The lowest BCUT2D eigenvalue weighted by molar-refractivity contribution is -0.276. The molecule has 0 aliphatic carbocycles. The van der Waals surface area contributed by atoms with E-state index in [0.29, 0.717) is 9.47 Å². The van der Waals surface area contributed by atoms with E-state index in [9.17, 15) is 63.6 Å². The number of aromatic amines is 1. The summed E-state index contributed by atoms with van der Waals surface area (Å²) in [5.41, 5.74) is -1.78. The van der Waals surface area contributed by atoms with Crippen LogP contribution in [0.15, 0.2) is 34.0 Å². The van der Waals surface area contributed by atoms with E-state index in [2.05, 4.69) is 13.4 Å². The van der Waals surface area contributed by atoms with Crippen LogP contribution in [0.2, 0.25) is 0 Å². The maximum absolute atomic E-state index is 12.4. The summed E-state index contributed by atoms with van der Waals surface area (Å²) in [6.45, 7) is -1.75. The minimum atomic E-state index is -5.72. The Balaban J connectivity index is 1.37. The zero-order valence-corrected chi connectivity index (χ0v) is 22.6. The van der Waals surface area contributed by atoms with Gasteiger partial charge >= 0.3 is 21.3 Å². The van der Waals surface area contributed by atoms with Gasteiger partial charge in [-0.1, -0.05) is 0 Å². The molecule has 3 aliphatic rings. The number of aliphatic hydroxyl groups excluding tert-OH is 5. The standard InChI is InChI=1S/C19H25N3O18P2/c23-9-3-4-21(19(31)20-9)17-15(29)13(27)8(37-17)6-36-41(32,33)40-42(34,35)39-18-16(30)14(28)12(26)7(38-18)5-22-10(24)1-2-11(22)25/h1-4,7-8,12-18,26-30H,5-6H2,(H,32,33)(H,34,35)(H,20,23,31)/t7-,8-,12+,13-,14+,15-,16-,17-,18-/m1/s1. The highest BCUT2D eigenvalue weighted by Gasteiger charge is 2.50. The van der Waals surface area contributed by atoms with Gasteiger partial charge in [-0.25, -0.2) is 13.9 Å². The second-order valence-electron chi connectivity index (χ2n) is 9.12. The third-order valence-electron chi connectivity index (χ3n) is 6.24. The first-order valence-electron chi connectivity index (χ1n) is 11.8. The summed E-state index contributed by atoms with van der Waals surface area (Å²) in [6, 6.07) is 0.916. The van der Waals surface area contributed by atoms with Gasteiger partial charge in [0, 0.05) is 24.4 Å². The molecule has 2 saturated heterocycles. The molecular weight excluding hydrogens is 620 g/mol. The van der Waals surface area contributed by atoms with Gasteiger partial charge in [-0.15, -0.1) is 0 Å². The van der Waals surface area contributed by atoms with Gasteiger partial charge < -0.3 is 44.8 Å². The van der Waals surface area contributed by atoms with Crippen molar-refractivity contribution in [3.05, 3.63) is 45.3 Å². The Morgan fingerprint density at radius 3 is 2.07 bits per heavy atom. The molecule has 1 aromatic heterocycles. The Kier molecular flexibility index (Phi) is 9.48. The third kappa shape index (κ3) is 7.01. The fourth-order valence-corrected chi connectivity index (χ4v) is 6.30. The molecule has 3 aliphatic heterocycles. The number of hydrogen-bond donors (Lipinski definition) is 8. The largest absolute Gasteiger partial charge is 0.483 e. The van der Waals surface area contributed by atoms with Crippen LogP contribution in [-0.4, -0.2) is 124 Å². The number of phosphoric acid groups is 2. The fraction of sp³-hybridized carbons (Fsp3) is 0.579. The first-order valence-corrected chi connectivity index (χ1v) is 14.7. The van der Waals surface area contributed by atoms with Crippen LogP contribution in [0.3, 0.4) is 0 Å². The van der Waals surface area contributed by atoms with Crippen molar-refractivity contribution < 1.29 is 76.9 Å². The molecule has 8 N–H and O–H groups in total. The van der Waals surface area contributed by atoms with Gasteiger partial charge in [-0.2, -0.15) is 4.31 Å². The molecule has 1 aromatic rings. The molecule has 0 bridgehead atoms. The van der Waals surface area contributed by atoms with Crippen molar-refractivity contribution in [1.29, 1.82) is 0 Å². The number of aromatic nitrogens is 2. The number of H-pyrrole nitrogens is 1. The van der Waals surface area contributed by atoms with Crippen LogP contribution in [0.1, 0.15) is 6.23 Å². The van der Waals surface area contributed by atoms with E-state index in [-0.39, 0.29) is 0 Å². The molecule has 234 valence electrons. The molecule has 0 aromatic carbocycles. The van der Waals surface area contributed by atoms with E-state index in [4.69, 9.17) is 9.47 Å². The van der Waals surface area contributed by atoms with Crippen molar-refractivity contribution in [3.63, 3.8) is 0 Å². The highest BCUT2D eigenvalue weighted by Crippen LogP contribution is 2.61. The second kappa shape index (κ2) is 12.3. The van der Waals surface area contributed by atoms with Gasteiger partial charge in [0.1, 0.15) is 42.7 Å². The van der Waals surface area contributed by atoms with Gasteiger partial charge in [-0.3, -0.25) is 37.9 Å². The normalized spacial score (nSPS) is 36.3. The van der Waals surface area contributed by atoms with Gasteiger partial charge in [0.2, 0.25) is 0 Å². The maximum Gasteiger partial charge on any atom is 0.483 e. The molecule has 0 radical (unpaired) electrons. The minimum absolute atomic E-state index is 0.592. The third-order valence-corrected chi connectivity index (χ3v) is 8.84. The summed E-state index contributed by atoms with van der Waals surface area (Å²) >= 11 is 0. The molecule has 4 heterocycles. The number of carbonyl (C=O) groups is 2. The van der Waals surface area contributed by atoms with Gasteiger partial charge in [0.25, 0.3) is 17.4 Å². The summed E-state index contributed by atoms with van der Waals surface area (Å²) in [4.78, 5) is 69.2. The maximum atomic E-state index is 12.4. The molecule has 2 fully saturated rings. The Morgan fingerprint density at radius 2 is 1.45 bits per heavy atom. The van der Waals surface area contributed by atoms with Crippen molar-refractivity contribution in [3.8, 4) is 0 Å². The Morgan fingerprint density at radius 1 is 0.833 bits per heavy atom. The Labute approximate surface area is 232 Å². The molecule has 11 atom stereocenters. The lowest BCUT2D eigenvalue weighted by Crippen LogP contribution is -2.60. The number of ether oxygens (including phenoxy) is 2. The Hall–Kier alpha value is -2.46. The molecule has 0 spiro atoms. The van der Waals surface area contributed by atoms with Crippen LogP contribution < -0.4 is 11.2 Å². The predicted octanol–water partition coefficient (Wildman–Crippen LogP) is -4.86. The lowest BCUT2D eigenvalue weighted by atomic mass is 9.98. The number of carbonyl (C=O) groups excluding carboxylic acids is 2. The zero-order chi connectivity index (χ0) is 31.1. The molecule has 42 heavy (non-hydrogen) atoms. The monoisotopic (exact) mass is 645 g/mol. The highest BCUT2D eigenvalue weighted by molar-refractivity contribution is 7.61. The van der Waals surface area contributed by atoms with Gasteiger partial charge in [-0.05, 0) is 0 Å². The number of nitrogens with zero attached hydrogens (tertiary/aromatic N) is 2. The smallest absolute Gasteiger partial charge is 0.388 e. The van der Waals surface area contributed by atoms with Crippen LogP contribution in [0.25, 0.3) is 0 Å². The summed E-state index contributed by atoms with van der Waals surface area (Å²) in [6.07, 6.45) is -14.3. The van der Waals surface area contributed by atoms with Crippen molar-refractivity contribution in [1.82, 2.24) is 14.5 Å². The summed E-state index contributed by atoms with van der Waals surface area (Å²) in [5, 5.41) is 50.8. The SMILES string of the molecule is O=C1C=CC(=O)N1C[C@H]1O[C@H](OP(=O)(O)OP(=O)(O)OC[C@H]2O[C@@H](n3ccc(=O)[nH]c3=O)[C@H](O)[C@@H]2O)[C@H](O)[C@@H](O)[C@H]1O. The number of nitrogens with one attached hydrogen (secondary N) is 1. The van der Waals surface area contributed by atoms with E-state index in [1.807, 2.05) is 4.98 Å². The summed E-state index contributed by atoms with van der Waals surface area (Å²) < 4.78 is 49.1. The van der Waals surface area contributed by atoms with E-state index in [0.717, 1.165) is 24.4 Å². The van der Waals surface area contributed by atoms with Gasteiger partial charge in [0.05, 0.1) is 13.2 Å². The van der Waals surface area contributed by atoms with Gasteiger partial charge in [0.15, 0.2) is 12.5 Å². The number of aliphatic hydroxyl groups is 5. The average molecular weight is 645 g/mol. The topological polar surface area (TPSA) is 314 Å². The van der Waals surface area contributed by atoms with E-state index in [1.54, 1.807) is 0 Å². The lowest BCUT2D eigenvalue weighted by Gasteiger charge is -2.41. The first kappa shape index (κ1) is 32.5. The highest BCUT2D eigenvalue weighted by atomic mass is 31.3. The predicted molar refractivity (Wildman–Crippen MR) is 128 cm³/mol. The molecule has 23 heteroatoms. The van der Waals surface area contributed by atoms with Crippen LogP contribution >= 0.6 is 15.6 Å². The number of rotatable bonds is 10. The molecule has 21 nitrogen and oxygen atoms in total. The van der Waals surface area contributed by atoms with E-state index >= 15 is 0 Å². The number of imide groups is 1. The van der Waals surface area contributed by atoms with Crippen LogP contribution in [0.4, 0.5) is 0 Å². The van der Waals surface area contributed by atoms with Crippen molar-refractivity contribution >= 4 is 27.5 Å². The average Bonchev–Trinajstić information content (AvgIpc) is 3.36. The van der Waals surface area contributed by atoms with Crippen LogP contribution in [0, 0.1) is 0 Å². The number of amides is 2. The van der Waals surface area contributed by atoms with Crippen LogP contribution in [-0.2, 0) is 41.6 Å². The molecule has 0 saturated carbocycles. The quantitative estimate of drug-likeness (QED) is 0.0873. The molecule has 2 amide bonds. The first-order chi connectivity index (χ1) is 19.5. The molecular formula is C19H25N3O18P2. The fourth-order valence-electron chi connectivity index (χ4n) is 4.14. The molecule has 4 rings (SSSR count). The van der Waals surface area contributed by atoms with Crippen molar-refractivity contribution in [2.45, 2.75) is 55.2 Å². The molecule has 2 unspecified atom stereocenters. The van der Waals surface area contributed by atoms with E-state index < -0.39 is 107 Å². The summed E-state index contributed by atoms with van der Waals surface area (Å²) in [7, 11) is -11.3. The van der Waals surface area contributed by atoms with Crippen molar-refractivity contribution in [2.24, 2.45) is 0 Å². The second-order valence-corrected chi connectivity index (χ2v) is 12.1. The summed E-state index contributed by atoms with van der Waals surface area (Å²) in [5.74, 6) is -1.60. The van der Waals surface area contributed by atoms with E-state index in [1.165, 1.54) is 0 Å². The van der Waals surface area contributed by atoms with Crippen molar-refractivity contribution in [2.75, 3.05) is 13.2 Å². The van der Waals surface area contributed by atoms with Crippen LogP contribution in [0.5, 0.6) is 0 Å². The Bertz CT molecular complexity index is 1430. The number of hydrogen-bond acceptors (Lipinski definition) is 16. The number of phosphoric ester groups is 2. The zero-order valence-electron chi connectivity index (χ0n) is 20.8. The minimum Gasteiger partial charge on any atom is -0.388 e.